The van der Waals surface area contributed by atoms with Crippen molar-refractivity contribution < 1.29 is 19.1 Å². The molecule has 0 heterocycles. The average molecular weight is 623 g/mol. The van der Waals surface area contributed by atoms with Gasteiger partial charge in [0.1, 0.15) is 0 Å². The van der Waals surface area contributed by atoms with Crippen LogP contribution in [-0.2, 0) is 19.1 Å². The number of esters is 2. The van der Waals surface area contributed by atoms with Gasteiger partial charge in [0.15, 0.2) is 0 Å². The first-order valence-corrected chi connectivity index (χ1v) is 20.0. The summed E-state index contributed by atoms with van der Waals surface area (Å²) in [6.45, 7) is 5.76. The second kappa shape index (κ2) is 38.1. The van der Waals surface area contributed by atoms with E-state index in [0.717, 1.165) is 38.5 Å². The minimum atomic E-state index is 0.00616. The minimum absolute atomic E-state index is 0.00616. The Morgan fingerprint density at radius 3 is 0.750 bits per heavy atom. The SMILES string of the molecule is CCCCCCCCCCCOC(=O)CCCCCCCCCCCCCCCCC(=O)OCCCCCCCCCCC. The summed E-state index contributed by atoms with van der Waals surface area (Å²) >= 11 is 0. The number of unbranched alkanes of at least 4 members (excludes halogenated alkanes) is 29. The molecule has 0 aliphatic rings. The van der Waals surface area contributed by atoms with E-state index in [1.807, 2.05) is 0 Å². The second-order valence-corrected chi connectivity index (χ2v) is 13.5. The van der Waals surface area contributed by atoms with Crippen LogP contribution >= 0.6 is 0 Å². The van der Waals surface area contributed by atoms with Crippen LogP contribution in [0.3, 0.4) is 0 Å². The Bertz CT molecular complexity index is 526. The third-order valence-electron chi connectivity index (χ3n) is 9.03. The van der Waals surface area contributed by atoms with Crippen LogP contribution in [0.25, 0.3) is 0 Å². The van der Waals surface area contributed by atoms with Crippen molar-refractivity contribution >= 4 is 11.9 Å². The van der Waals surface area contributed by atoms with E-state index >= 15 is 0 Å². The zero-order valence-electron chi connectivity index (χ0n) is 30.1. The molecule has 0 unspecified atom stereocenters. The van der Waals surface area contributed by atoms with E-state index in [-0.39, 0.29) is 11.9 Å². The molecule has 262 valence electrons. The lowest BCUT2D eigenvalue weighted by Crippen LogP contribution is -2.05. The summed E-state index contributed by atoms with van der Waals surface area (Å²) in [7, 11) is 0. The van der Waals surface area contributed by atoms with Crippen molar-refractivity contribution in [3.8, 4) is 0 Å². The molecule has 44 heavy (non-hydrogen) atoms. The topological polar surface area (TPSA) is 52.6 Å². The smallest absolute Gasteiger partial charge is 0.305 e. The number of hydrogen-bond acceptors (Lipinski definition) is 4. The van der Waals surface area contributed by atoms with Crippen LogP contribution in [0.15, 0.2) is 0 Å². The molecule has 0 N–H and O–H groups in total. The highest BCUT2D eigenvalue weighted by Gasteiger charge is 2.04. The van der Waals surface area contributed by atoms with Crippen molar-refractivity contribution in [1.29, 1.82) is 0 Å². The van der Waals surface area contributed by atoms with Gasteiger partial charge in [0.2, 0.25) is 0 Å². The van der Waals surface area contributed by atoms with E-state index in [1.165, 1.54) is 167 Å². The summed E-state index contributed by atoms with van der Waals surface area (Å²) in [5, 5.41) is 0. The lowest BCUT2D eigenvalue weighted by atomic mass is 10.0. The summed E-state index contributed by atoms with van der Waals surface area (Å²) in [6.07, 6.45) is 42.0. The monoisotopic (exact) mass is 623 g/mol. The Balaban J connectivity index is 3.20. The predicted molar refractivity (Wildman–Crippen MR) is 190 cm³/mol. The molecule has 0 saturated carbocycles. The van der Waals surface area contributed by atoms with Gasteiger partial charge in [0.25, 0.3) is 0 Å². The maximum Gasteiger partial charge on any atom is 0.305 e. The zero-order valence-corrected chi connectivity index (χ0v) is 30.1. The van der Waals surface area contributed by atoms with Crippen LogP contribution in [0.5, 0.6) is 0 Å². The largest absolute Gasteiger partial charge is 0.466 e. The van der Waals surface area contributed by atoms with Crippen LogP contribution in [-0.4, -0.2) is 25.2 Å². The number of carbonyl (C=O) groups excluding carboxylic acids is 2. The van der Waals surface area contributed by atoms with E-state index in [1.54, 1.807) is 0 Å². The maximum absolute atomic E-state index is 11.9. The third kappa shape index (κ3) is 37.1. The van der Waals surface area contributed by atoms with Crippen molar-refractivity contribution in [2.45, 2.75) is 232 Å². The van der Waals surface area contributed by atoms with Gasteiger partial charge in [-0.1, -0.05) is 194 Å². The lowest BCUT2D eigenvalue weighted by molar-refractivity contribution is -0.144. The molecule has 4 heteroatoms. The Kier molecular flexibility index (Phi) is 37.2. The molecule has 0 aromatic heterocycles. The molecule has 0 atom stereocenters. The van der Waals surface area contributed by atoms with Gasteiger partial charge >= 0.3 is 11.9 Å². The van der Waals surface area contributed by atoms with E-state index < -0.39 is 0 Å². The van der Waals surface area contributed by atoms with E-state index in [9.17, 15) is 9.59 Å². The Morgan fingerprint density at radius 1 is 0.295 bits per heavy atom. The standard InChI is InChI=1S/C40H78O4/c1-3-5-7-9-11-21-25-29-33-37-43-39(41)35-31-27-23-19-17-15-13-14-16-18-20-24-28-32-36-40(42)44-38-34-30-26-22-12-10-8-6-4-2/h3-38H2,1-2H3. The molecule has 0 aliphatic carbocycles. The van der Waals surface area contributed by atoms with Crippen LogP contribution in [0.1, 0.15) is 232 Å². The van der Waals surface area contributed by atoms with Gasteiger partial charge in [-0.15, -0.1) is 0 Å². The normalized spacial score (nSPS) is 11.2. The fourth-order valence-corrected chi connectivity index (χ4v) is 6.00. The van der Waals surface area contributed by atoms with E-state index in [4.69, 9.17) is 9.47 Å². The maximum atomic E-state index is 11.9. The fourth-order valence-electron chi connectivity index (χ4n) is 6.00. The van der Waals surface area contributed by atoms with Gasteiger partial charge in [-0.25, -0.2) is 0 Å². The predicted octanol–water partition coefficient (Wildman–Crippen LogP) is 13.4. The second-order valence-electron chi connectivity index (χ2n) is 13.5. The summed E-state index contributed by atoms with van der Waals surface area (Å²) < 4.78 is 10.8. The van der Waals surface area contributed by atoms with E-state index in [0.29, 0.717) is 26.1 Å². The Labute approximate surface area is 276 Å². The Hall–Kier alpha value is -1.06. The first-order chi connectivity index (χ1) is 21.7. The highest BCUT2D eigenvalue weighted by Crippen LogP contribution is 2.15. The summed E-state index contributed by atoms with van der Waals surface area (Å²) in [4.78, 5) is 23.8. The van der Waals surface area contributed by atoms with Crippen molar-refractivity contribution in [3.63, 3.8) is 0 Å². The van der Waals surface area contributed by atoms with Gasteiger partial charge in [-0.2, -0.15) is 0 Å². The first kappa shape index (κ1) is 42.9. The molecule has 0 radical (unpaired) electrons. The van der Waals surface area contributed by atoms with Crippen LogP contribution in [0, 0.1) is 0 Å². The van der Waals surface area contributed by atoms with Crippen LogP contribution in [0.2, 0.25) is 0 Å². The van der Waals surface area contributed by atoms with Gasteiger partial charge < -0.3 is 9.47 Å². The molecule has 0 aliphatic heterocycles. The van der Waals surface area contributed by atoms with Crippen LogP contribution < -0.4 is 0 Å². The lowest BCUT2D eigenvalue weighted by Gasteiger charge is -2.06. The number of ether oxygens (including phenoxy) is 2. The van der Waals surface area contributed by atoms with Crippen molar-refractivity contribution in [2.75, 3.05) is 13.2 Å². The molecular weight excluding hydrogens is 544 g/mol. The summed E-state index contributed by atoms with van der Waals surface area (Å²) in [5.41, 5.74) is 0. The third-order valence-corrected chi connectivity index (χ3v) is 9.03. The number of carbonyl (C=O) groups is 2. The summed E-state index contributed by atoms with van der Waals surface area (Å²) in [6, 6.07) is 0. The molecule has 4 nitrogen and oxygen atoms in total. The molecule has 0 bridgehead atoms. The minimum Gasteiger partial charge on any atom is -0.466 e. The Morgan fingerprint density at radius 2 is 0.500 bits per heavy atom. The molecule has 0 aromatic rings. The quantitative estimate of drug-likeness (QED) is 0.0511. The number of rotatable bonds is 37. The van der Waals surface area contributed by atoms with Gasteiger partial charge in [0, 0.05) is 12.8 Å². The number of hydrogen-bond donors (Lipinski definition) is 0. The highest BCUT2D eigenvalue weighted by atomic mass is 16.5. The summed E-state index contributed by atoms with van der Waals surface area (Å²) in [5.74, 6) is 0.0123. The molecule has 0 spiro atoms. The van der Waals surface area contributed by atoms with Crippen molar-refractivity contribution in [3.05, 3.63) is 0 Å². The van der Waals surface area contributed by atoms with Crippen molar-refractivity contribution in [2.24, 2.45) is 0 Å². The van der Waals surface area contributed by atoms with Gasteiger partial charge in [-0.3, -0.25) is 9.59 Å². The first-order valence-electron chi connectivity index (χ1n) is 20.0. The van der Waals surface area contributed by atoms with E-state index in [2.05, 4.69) is 13.8 Å². The molecule has 0 aromatic carbocycles. The highest BCUT2D eigenvalue weighted by molar-refractivity contribution is 5.69. The van der Waals surface area contributed by atoms with Crippen LogP contribution in [0.4, 0.5) is 0 Å². The molecular formula is C40H78O4. The average Bonchev–Trinajstić information content (AvgIpc) is 3.02. The van der Waals surface area contributed by atoms with Crippen molar-refractivity contribution in [1.82, 2.24) is 0 Å². The molecule has 0 rings (SSSR count). The van der Waals surface area contributed by atoms with Gasteiger partial charge in [0.05, 0.1) is 13.2 Å². The fraction of sp³-hybridized carbons (Fsp3) is 0.950. The zero-order chi connectivity index (χ0) is 32.0. The molecule has 0 fully saturated rings. The van der Waals surface area contributed by atoms with Gasteiger partial charge in [-0.05, 0) is 25.7 Å². The molecule has 0 amide bonds. The molecule has 0 saturated heterocycles.